The molecule has 0 aliphatic heterocycles. The first-order valence-corrected chi connectivity index (χ1v) is 3.80. The third kappa shape index (κ3) is 1.98. The Balaban J connectivity index is 2.96. The average molecular weight is 168 g/mol. The van der Waals surface area contributed by atoms with Crippen LogP contribution in [0.4, 0.5) is 0 Å². The Morgan fingerprint density at radius 3 is 2.82 bits per heavy atom. The fourth-order valence-electron chi connectivity index (χ4n) is 0.771. The van der Waals surface area contributed by atoms with Crippen molar-refractivity contribution in [3.8, 4) is 5.75 Å². The van der Waals surface area contributed by atoms with Crippen molar-refractivity contribution >= 4 is 18.4 Å². The number of phenolic OH excluding ortho intramolecular Hbond substituents is 1. The summed E-state index contributed by atoms with van der Waals surface area (Å²) in [7, 11) is 0. The molecule has 1 aromatic rings. The first kappa shape index (κ1) is 8.14. The molecule has 2 nitrogen and oxygen atoms in total. The van der Waals surface area contributed by atoms with Gasteiger partial charge in [-0.15, -0.1) is 0 Å². The maximum Gasteiger partial charge on any atom is 0.172 e. The molecule has 58 valence electrons. The smallest absolute Gasteiger partial charge is 0.172 e. The van der Waals surface area contributed by atoms with Crippen LogP contribution in [0.3, 0.4) is 0 Å². The summed E-state index contributed by atoms with van der Waals surface area (Å²) in [6.45, 7) is 0. The van der Waals surface area contributed by atoms with E-state index in [0.717, 1.165) is 0 Å². The highest BCUT2D eigenvalue weighted by Gasteiger charge is 2.02. The molecule has 1 aromatic carbocycles. The first-order chi connectivity index (χ1) is 5.24. The monoisotopic (exact) mass is 168 g/mol. The molecule has 0 heterocycles. The number of Topliss-reactive ketones (excluding diaryl/α,β-unsaturated/α-hetero) is 1. The van der Waals surface area contributed by atoms with Crippen LogP contribution in [0.1, 0.15) is 10.4 Å². The van der Waals surface area contributed by atoms with E-state index in [1.165, 1.54) is 12.1 Å². The molecule has 0 aromatic heterocycles. The van der Waals surface area contributed by atoms with Crippen molar-refractivity contribution in [2.45, 2.75) is 0 Å². The van der Waals surface area contributed by atoms with Crippen LogP contribution < -0.4 is 0 Å². The zero-order valence-corrected chi connectivity index (χ0v) is 6.71. The highest BCUT2D eigenvalue weighted by atomic mass is 32.1. The zero-order valence-electron chi connectivity index (χ0n) is 5.82. The van der Waals surface area contributed by atoms with Crippen LogP contribution in [0.15, 0.2) is 24.3 Å². The Bertz CT molecular complexity index is 271. The molecule has 0 fully saturated rings. The summed E-state index contributed by atoms with van der Waals surface area (Å²) in [4.78, 5) is 11.0. The van der Waals surface area contributed by atoms with E-state index >= 15 is 0 Å². The highest BCUT2D eigenvalue weighted by Crippen LogP contribution is 2.11. The van der Waals surface area contributed by atoms with Crippen LogP contribution in [-0.4, -0.2) is 16.6 Å². The number of hydrogen-bond donors (Lipinski definition) is 2. The number of carbonyl (C=O) groups excluding carboxylic acids is 1. The standard InChI is InChI=1S/C8H8O2S/c9-7-3-1-2-6(4-7)8(10)5-11/h1-4,9,11H,5H2. The second-order valence-corrected chi connectivity index (χ2v) is 2.45. The van der Waals surface area contributed by atoms with Gasteiger partial charge in [-0.25, -0.2) is 0 Å². The van der Waals surface area contributed by atoms with Gasteiger partial charge in [-0.2, -0.15) is 12.6 Å². The van der Waals surface area contributed by atoms with E-state index in [9.17, 15) is 4.79 Å². The second-order valence-electron chi connectivity index (χ2n) is 2.13. The van der Waals surface area contributed by atoms with E-state index in [4.69, 9.17) is 5.11 Å². The summed E-state index contributed by atoms with van der Waals surface area (Å²) in [6, 6.07) is 6.23. The van der Waals surface area contributed by atoms with Crippen molar-refractivity contribution in [1.82, 2.24) is 0 Å². The van der Waals surface area contributed by atoms with Gasteiger partial charge in [0, 0.05) is 5.56 Å². The molecule has 0 saturated heterocycles. The Morgan fingerprint density at radius 2 is 2.27 bits per heavy atom. The minimum Gasteiger partial charge on any atom is -0.508 e. The number of ketones is 1. The zero-order chi connectivity index (χ0) is 8.27. The summed E-state index contributed by atoms with van der Waals surface area (Å²) in [6.07, 6.45) is 0. The number of aromatic hydroxyl groups is 1. The molecule has 0 aliphatic rings. The number of benzene rings is 1. The number of phenols is 1. The lowest BCUT2D eigenvalue weighted by Gasteiger charge is -1.96. The molecule has 0 amide bonds. The van der Waals surface area contributed by atoms with E-state index in [1.54, 1.807) is 12.1 Å². The van der Waals surface area contributed by atoms with Gasteiger partial charge in [0.2, 0.25) is 0 Å². The minimum atomic E-state index is -0.0794. The Labute approximate surface area is 70.3 Å². The summed E-state index contributed by atoms with van der Waals surface area (Å²) >= 11 is 3.83. The van der Waals surface area contributed by atoms with Gasteiger partial charge >= 0.3 is 0 Å². The summed E-state index contributed by atoms with van der Waals surface area (Å²) < 4.78 is 0. The minimum absolute atomic E-state index is 0.0794. The van der Waals surface area contributed by atoms with Gasteiger partial charge in [-0.05, 0) is 12.1 Å². The molecule has 11 heavy (non-hydrogen) atoms. The van der Waals surface area contributed by atoms with Crippen molar-refractivity contribution in [2.24, 2.45) is 0 Å². The summed E-state index contributed by atoms with van der Waals surface area (Å²) in [5.74, 6) is 0.200. The second kappa shape index (κ2) is 3.44. The van der Waals surface area contributed by atoms with Crippen LogP contribution in [0.2, 0.25) is 0 Å². The van der Waals surface area contributed by atoms with Gasteiger partial charge < -0.3 is 5.11 Å². The van der Waals surface area contributed by atoms with Gasteiger partial charge in [0.25, 0.3) is 0 Å². The van der Waals surface area contributed by atoms with Crippen molar-refractivity contribution in [1.29, 1.82) is 0 Å². The molecule has 0 radical (unpaired) electrons. The Morgan fingerprint density at radius 1 is 1.55 bits per heavy atom. The molecule has 0 spiro atoms. The number of rotatable bonds is 2. The first-order valence-electron chi connectivity index (χ1n) is 3.17. The van der Waals surface area contributed by atoms with Gasteiger partial charge in [0.1, 0.15) is 5.75 Å². The summed E-state index contributed by atoms with van der Waals surface area (Å²) in [5.41, 5.74) is 0.500. The van der Waals surface area contributed by atoms with Crippen molar-refractivity contribution < 1.29 is 9.90 Å². The molecule has 0 unspecified atom stereocenters. The molecule has 0 aliphatic carbocycles. The fraction of sp³-hybridized carbons (Fsp3) is 0.125. The molecule has 1 N–H and O–H groups in total. The molecular formula is C8H8O2S. The highest BCUT2D eigenvalue weighted by molar-refractivity contribution is 7.81. The lowest BCUT2D eigenvalue weighted by Crippen LogP contribution is -1.98. The van der Waals surface area contributed by atoms with E-state index in [0.29, 0.717) is 5.56 Å². The topological polar surface area (TPSA) is 37.3 Å². The van der Waals surface area contributed by atoms with E-state index in [2.05, 4.69) is 12.6 Å². The van der Waals surface area contributed by atoms with Crippen LogP contribution >= 0.6 is 12.6 Å². The maximum atomic E-state index is 11.0. The quantitative estimate of drug-likeness (QED) is 0.518. The molecule has 1 rings (SSSR count). The van der Waals surface area contributed by atoms with Crippen LogP contribution in [0.25, 0.3) is 0 Å². The molecular weight excluding hydrogens is 160 g/mol. The van der Waals surface area contributed by atoms with Gasteiger partial charge in [-0.1, -0.05) is 12.1 Å². The number of thiol groups is 1. The van der Waals surface area contributed by atoms with Crippen molar-refractivity contribution in [2.75, 3.05) is 5.75 Å². The third-order valence-electron chi connectivity index (χ3n) is 1.31. The molecule has 0 atom stereocenters. The fourth-order valence-corrected chi connectivity index (χ4v) is 0.953. The predicted octanol–water partition coefficient (Wildman–Crippen LogP) is 1.50. The lowest BCUT2D eigenvalue weighted by atomic mass is 10.1. The molecule has 3 heteroatoms. The normalized spacial score (nSPS) is 9.55. The van der Waals surface area contributed by atoms with Crippen LogP contribution in [0.5, 0.6) is 5.75 Å². The predicted molar refractivity (Wildman–Crippen MR) is 46.3 cm³/mol. The SMILES string of the molecule is O=C(CS)c1cccc(O)c1. The molecule has 0 saturated carbocycles. The van der Waals surface area contributed by atoms with Crippen molar-refractivity contribution in [3.05, 3.63) is 29.8 Å². The average Bonchev–Trinajstić information content (AvgIpc) is 2.03. The van der Waals surface area contributed by atoms with Crippen LogP contribution in [0, 0.1) is 0 Å². The van der Waals surface area contributed by atoms with E-state index in [-0.39, 0.29) is 17.3 Å². The van der Waals surface area contributed by atoms with Crippen molar-refractivity contribution in [3.63, 3.8) is 0 Å². The molecule has 0 bridgehead atoms. The van der Waals surface area contributed by atoms with Gasteiger partial charge in [-0.3, -0.25) is 4.79 Å². The van der Waals surface area contributed by atoms with Gasteiger partial charge in [0.05, 0.1) is 5.75 Å². The third-order valence-corrected chi connectivity index (χ3v) is 1.60. The van der Waals surface area contributed by atoms with E-state index in [1.807, 2.05) is 0 Å². The largest absolute Gasteiger partial charge is 0.508 e. The number of hydrogen-bond acceptors (Lipinski definition) is 3. The Kier molecular flexibility index (Phi) is 2.54. The van der Waals surface area contributed by atoms with E-state index < -0.39 is 0 Å². The summed E-state index contributed by atoms with van der Waals surface area (Å²) in [5, 5.41) is 8.98. The maximum absolute atomic E-state index is 11.0. The Hall–Kier alpha value is -0.960. The van der Waals surface area contributed by atoms with Gasteiger partial charge in [0.15, 0.2) is 5.78 Å². The number of carbonyl (C=O) groups is 1. The van der Waals surface area contributed by atoms with Crippen LogP contribution in [-0.2, 0) is 0 Å². The lowest BCUT2D eigenvalue weighted by molar-refractivity contribution is 0.102.